The highest BCUT2D eigenvalue weighted by Gasteiger charge is 2.14. The van der Waals surface area contributed by atoms with Crippen molar-refractivity contribution in [2.45, 2.75) is 58.5 Å². The van der Waals surface area contributed by atoms with Gasteiger partial charge in [-0.3, -0.25) is 4.99 Å². The minimum Gasteiger partial charge on any atom is -0.359 e. The maximum atomic E-state index is 5.47. The first-order valence-corrected chi connectivity index (χ1v) is 10.3. The van der Waals surface area contributed by atoms with Crippen molar-refractivity contribution in [2.75, 3.05) is 25.0 Å². The van der Waals surface area contributed by atoms with E-state index in [4.69, 9.17) is 4.52 Å². The summed E-state index contributed by atoms with van der Waals surface area (Å²) in [5, 5.41) is 10.9. The molecule has 0 bridgehead atoms. The molecule has 1 aliphatic heterocycles. The number of nitrogens with zero attached hydrogens (tertiary/aromatic N) is 4. The molecule has 0 spiro atoms. The van der Waals surface area contributed by atoms with Crippen LogP contribution in [0.25, 0.3) is 0 Å². The summed E-state index contributed by atoms with van der Waals surface area (Å²) >= 11 is 0. The Morgan fingerprint density at radius 2 is 1.93 bits per heavy atom. The van der Waals surface area contributed by atoms with Gasteiger partial charge in [-0.15, -0.1) is 0 Å². The Morgan fingerprint density at radius 3 is 2.64 bits per heavy atom. The fourth-order valence-corrected chi connectivity index (χ4v) is 3.58. The molecule has 7 heteroatoms. The average Bonchev–Trinajstić information content (AvgIpc) is 3.42. The molecule has 0 atom stereocenters. The Morgan fingerprint density at radius 1 is 1.18 bits per heavy atom. The van der Waals surface area contributed by atoms with E-state index in [-0.39, 0.29) is 0 Å². The summed E-state index contributed by atoms with van der Waals surface area (Å²) in [4.78, 5) is 11.2. The Hall–Kier alpha value is -2.57. The zero-order chi connectivity index (χ0) is 19.8. The van der Waals surface area contributed by atoms with Crippen LogP contribution in [-0.4, -0.2) is 36.2 Å². The zero-order valence-electron chi connectivity index (χ0n) is 17.2. The van der Waals surface area contributed by atoms with Crippen molar-refractivity contribution in [3.63, 3.8) is 0 Å². The summed E-state index contributed by atoms with van der Waals surface area (Å²) in [6, 6.07) is 6.24. The second-order valence-corrected chi connectivity index (χ2v) is 7.23. The van der Waals surface area contributed by atoms with Gasteiger partial charge in [0.2, 0.25) is 0 Å². The molecule has 3 heterocycles. The molecule has 1 aliphatic rings. The molecule has 3 rings (SSSR count). The molecule has 152 valence electrons. The van der Waals surface area contributed by atoms with E-state index in [0.29, 0.717) is 19.0 Å². The van der Waals surface area contributed by atoms with Gasteiger partial charge in [0, 0.05) is 44.9 Å². The molecule has 1 fully saturated rings. The van der Waals surface area contributed by atoms with Crippen molar-refractivity contribution in [1.82, 2.24) is 20.8 Å². The van der Waals surface area contributed by atoms with Crippen LogP contribution in [0.2, 0.25) is 0 Å². The van der Waals surface area contributed by atoms with Gasteiger partial charge in [-0.25, -0.2) is 4.98 Å². The number of aromatic nitrogens is 2. The molecule has 0 unspecified atom stereocenters. The van der Waals surface area contributed by atoms with Gasteiger partial charge in [0.15, 0.2) is 11.7 Å². The molecule has 0 aromatic carbocycles. The van der Waals surface area contributed by atoms with Gasteiger partial charge >= 0.3 is 0 Å². The number of rotatable bonds is 8. The molecule has 0 amide bonds. The minimum atomic E-state index is 0.464. The van der Waals surface area contributed by atoms with Crippen LogP contribution in [0.15, 0.2) is 33.9 Å². The highest BCUT2D eigenvalue weighted by Crippen LogP contribution is 2.22. The van der Waals surface area contributed by atoms with E-state index in [9.17, 15) is 0 Å². The molecule has 0 aliphatic carbocycles. The van der Waals surface area contributed by atoms with Crippen LogP contribution < -0.4 is 15.5 Å². The largest absolute Gasteiger partial charge is 0.359 e. The van der Waals surface area contributed by atoms with Crippen LogP contribution in [0, 0.1) is 0 Å². The van der Waals surface area contributed by atoms with Gasteiger partial charge < -0.3 is 20.1 Å². The molecule has 28 heavy (non-hydrogen) atoms. The number of guanidine groups is 1. The van der Waals surface area contributed by atoms with Crippen molar-refractivity contribution >= 4 is 11.8 Å². The van der Waals surface area contributed by atoms with Crippen molar-refractivity contribution in [3.05, 3.63) is 41.4 Å². The van der Waals surface area contributed by atoms with Gasteiger partial charge in [-0.2, -0.15) is 0 Å². The SMILES string of the molecule is CCC(CC)c1cc(CNC(=NC)NCc2ccnc(N3CCCC3)c2)on1. The smallest absolute Gasteiger partial charge is 0.191 e. The number of pyridine rings is 1. The fourth-order valence-electron chi connectivity index (χ4n) is 3.58. The van der Waals surface area contributed by atoms with Crippen LogP contribution >= 0.6 is 0 Å². The highest BCUT2D eigenvalue weighted by atomic mass is 16.5. The lowest BCUT2D eigenvalue weighted by Gasteiger charge is -2.17. The third-order valence-corrected chi connectivity index (χ3v) is 5.33. The van der Waals surface area contributed by atoms with E-state index in [1.807, 2.05) is 18.3 Å². The maximum Gasteiger partial charge on any atom is 0.191 e. The third kappa shape index (κ3) is 5.24. The zero-order valence-corrected chi connectivity index (χ0v) is 17.2. The van der Waals surface area contributed by atoms with Crippen molar-refractivity contribution in [3.8, 4) is 0 Å². The predicted octanol–water partition coefficient (Wildman–Crippen LogP) is 3.44. The third-order valence-electron chi connectivity index (χ3n) is 5.33. The van der Waals surface area contributed by atoms with E-state index in [1.54, 1.807) is 7.05 Å². The number of nitrogens with one attached hydrogen (secondary N) is 2. The average molecular weight is 385 g/mol. The maximum absolute atomic E-state index is 5.47. The molecular formula is C21H32N6O. The number of hydrogen-bond donors (Lipinski definition) is 2. The standard InChI is InChI=1S/C21H32N6O/c1-4-17(5-2)19-13-18(28-26-19)15-25-21(22-3)24-14-16-8-9-23-20(12-16)27-10-6-7-11-27/h8-9,12-13,17H,4-7,10-11,14-15H2,1-3H3,(H2,22,24,25). The first kappa shape index (κ1) is 20.2. The molecule has 1 saturated heterocycles. The summed E-state index contributed by atoms with van der Waals surface area (Å²) in [6.07, 6.45) is 6.53. The van der Waals surface area contributed by atoms with E-state index in [2.05, 4.69) is 50.6 Å². The monoisotopic (exact) mass is 384 g/mol. The van der Waals surface area contributed by atoms with Gasteiger partial charge in [0.05, 0.1) is 12.2 Å². The molecule has 2 aromatic heterocycles. The van der Waals surface area contributed by atoms with Gasteiger partial charge in [0.25, 0.3) is 0 Å². The van der Waals surface area contributed by atoms with Crippen LogP contribution in [0.3, 0.4) is 0 Å². The van der Waals surface area contributed by atoms with E-state index >= 15 is 0 Å². The lowest BCUT2D eigenvalue weighted by molar-refractivity contribution is 0.368. The molecule has 2 aromatic rings. The first-order chi connectivity index (χ1) is 13.7. The van der Waals surface area contributed by atoms with Gasteiger partial charge in [-0.1, -0.05) is 19.0 Å². The Bertz CT molecular complexity index is 762. The van der Waals surface area contributed by atoms with Crippen molar-refractivity contribution in [1.29, 1.82) is 0 Å². The van der Waals surface area contributed by atoms with Gasteiger partial charge in [0.1, 0.15) is 5.82 Å². The second-order valence-electron chi connectivity index (χ2n) is 7.23. The lowest BCUT2D eigenvalue weighted by atomic mass is 9.99. The number of aliphatic imine (C=N–C) groups is 1. The summed E-state index contributed by atoms with van der Waals surface area (Å²) in [6.45, 7) is 7.81. The van der Waals surface area contributed by atoms with Gasteiger partial charge in [-0.05, 0) is 43.4 Å². The normalized spacial score (nSPS) is 14.7. The lowest BCUT2D eigenvalue weighted by Crippen LogP contribution is -2.36. The highest BCUT2D eigenvalue weighted by molar-refractivity contribution is 5.79. The molecular weight excluding hydrogens is 352 g/mol. The van der Waals surface area contributed by atoms with Crippen LogP contribution in [0.1, 0.15) is 62.5 Å². The molecule has 7 nitrogen and oxygen atoms in total. The molecule has 0 saturated carbocycles. The molecule has 2 N–H and O–H groups in total. The minimum absolute atomic E-state index is 0.464. The quantitative estimate of drug-likeness (QED) is 0.536. The van der Waals surface area contributed by atoms with Crippen LogP contribution in [0.5, 0.6) is 0 Å². The second kappa shape index (κ2) is 10.1. The number of anilines is 1. The molecule has 0 radical (unpaired) electrons. The van der Waals surface area contributed by atoms with Crippen LogP contribution in [-0.2, 0) is 13.1 Å². The predicted molar refractivity (Wildman–Crippen MR) is 113 cm³/mol. The van der Waals surface area contributed by atoms with Crippen molar-refractivity contribution < 1.29 is 4.52 Å². The first-order valence-electron chi connectivity index (χ1n) is 10.3. The summed E-state index contributed by atoms with van der Waals surface area (Å²) in [5.74, 6) is 3.09. The fraction of sp³-hybridized carbons (Fsp3) is 0.571. The Kier molecular flexibility index (Phi) is 7.28. The summed E-state index contributed by atoms with van der Waals surface area (Å²) in [5.41, 5.74) is 2.23. The Balaban J connectivity index is 1.50. The summed E-state index contributed by atoms with van der Waals surface area (Å²) < 4.78 is 5.47. The van der Waals surface area contributed by atoms with Crippen molar-refractivity contribution in [2.24, 2.45) is 4.99 Å². The number of hydrogen-bond acceptors (Lipinski definition) is 5. The topological polar surface area (TPSA) is 78.6 Å². The Labute approximate surface area is 167 Å². The summed E-state index contributed by atoms with van der Waals surface area (Å²) in [7, 11) is 1.77. The van der Waals surface area contributed by atoms with Crippen LogP contribution in [0.4, 0.5) is 5.82 Å². The van der Waals surface area contributed by atoms with E-state index in [1.165, 1.54) is 18.4 Å². The van der Waals surface area contributed by atoms with E-state index in [0.717, 1.165) is 49.2 Å². The van der Waals surface area contributed by atoms with E-state index < -0.39 is 0 Å².